The van der Waals surface area contributed by atoms with Crippen LogP contribution in [0.25, 0.3) is 0 Å². The van der Waals surface area contributed by atoms with Crippen molar-refractivity contribution in [2.24, 2.45) is 0 Å². The van der Waals surface area contributed by atoms with E-state index in [1.165, 1.54) is 7.11 Å². The van der Waals surface area contributed by atoms with Gasteiger partial charge in [0.2, 0.25) is 0 Å². The highest BCUT2D eigenvalue weighted by atomic mass is 16.5. The van der Waals surface area contributed by atoms with Crippen molar-refractivity contribution in [1.29, 1.82) is 0 Å². The maximum Gasteiger partial charge on any atom is 0.338 e. The lowest BCUT2D eigenvalue weighted by Crippen LogP contribution is -2.11. The zero-order chi connectivity index (χ0) is 13.8. The Morgan fingerprint density at radius 2 is 1.63 bits per heavy atom. The molecule has 6 heteroatoms. The van der Waals surface area contributed by atoms with Gasteiger partial charge in [-0.3, -0.25) is 4.79 Å². The van der Waals surface area contributed by atoms with Crippen LogP contribution in [0.5, 0.6) is 5.75 Å². The number of ether oxygens (including phenoxy) is 1. The van der Waals surface area contributed by atoms with E-state index in [1.807, 2.05) is 0 Å². The van der Waals surface area contributed by atoms with Crippen LogP contribution in [0.2, 0.25) is 0 Å². The summed E-state index contributed by atoms with van der Waals surface area (Å²) in [6.45, 7) is 0. The molecule has 6 nitrogen and oxygen atoms in total. The normalized spacial score (nSPS) is 9.95. The van der Waals surface area contributed by atoms with E-state index in [0.29, 0.717) is 11.3 Å². The van der Waals surface area contributed by atoms with Crippen LogP contribution >= 0.6 is 0 Å². The Bertz CT molecular complexity index is 623. The van der Waals surface area contributed by atoms with Gasteiger partial charge in [0.05, 0.1) is 30.6 Å². The average molecular weight is 258 g/mol. The van der Waals surface area contributed by atoms with E-state index in [0.717, 1.165) is 12.4 Å². The Labute approximate surface area is 108 Å². The molecular formula is C13H10N2O4. The molecule has 0 unspecified atom stereocenters. The molecule has 0 saturated carbocycles. The van der Waals surface area contributed by atoms with E-state index in [9.17, 15) is 9.59 Å². The molecule has 0 spiro atoms. The molecule has 0 aliphatic heterocycles. The number of carboxylic acids is 1. The van der Waals surface area contributed by atoms with Gasteiger partial charge in [0.15, 0.2) is 5.78 Å². The number of aromatic carboxylic acids is 1. The van der Waals surface area contributed by atoms with E-state index >= 15 is 0 Å². The minimum Gasteiger partial charge on any atom is -0.497 e. The molecule has 1 aromatic heterocycles. The zero-order valence-electron chi connectivity index (χ0n) is 10.0. The number of rotatable bonds is 4. The standard InChI is InChI=1S/C13H10N2O4/c1-19-9-4-2-8(3-5-9)12(16)10-6-14-15-7-11(10)13(17)18/h2-7H,1H3,(H,17,18). The Kier molecular flexibility index (Phi) is 3.51. The van der Waals surface area contributed by atoms with Crippen molar-refractivity contribution in [2.75, 3.05) is 7.11 Å². The summed E-state index contributed by atoms with van der Waals surface area (Å²) in [4.78, 5) is 23.2. The largest absolute Gasteiger partial charge is 0.497 e. The number of carbonyl (C=O) groups excluding carboxylic acids is 1. The fraction of sp³-hybridized carbons (Fsp3) is 0.0769. The van der Waals surface area contributed by atoms with Gasteiger partial charge in [0.1, 0.15) is 5.75 Å². The molecule has 96 valence electrons. The minimum atomic E-state index is -1.22. The van der Waals surface area contributed by atoms with Crippen molar-refractivity contribution in [3.63, 3.8) is 0 Å². The molecule has 1 N–H and O–H groups in total. The number of nitrogens with zero attached hydrogens (tertiary/aromatic N) is 2. The number of methoxy groups -OCH3 is 1. The lowest BCUT2D eigenvalue weighted by molar-refractivity contribution is 0.0692. The quantitative estimate of drug-likeness (QED) is 0.834. The molecule has 2 rings (SSSR count). The van der Waals surface area contributed by atoms with Crippen molar-refractivity contribution >= 4 is 11.8 Å². The van der Waals surface area contributed by atoms with Crippen LogP contribution in [0.15, 0.2) is 36.7 Å². The number of hydrogen-bond donors (Lipinski definition) is 1. The summed E-state index contributed by atoms with van der Waals surface area (Å²) >= 11 is 0. The molecule has 2 aromatic rings. The third kappa shape index (κ3) is 2.57. The van der Waals surface area contributed by atoms with Gasteiger partial charge in [-0.2, -0.15) is 10.2 Å². The fourth-order valence-corrected chi connectivity index (χ4v) is 1.57. The van der Waals surface area contributed by atoms with Crippen LogP contribution in [0.1, 0.15) is 26.3 Å². The van der Waals surface area contributed by atoms with Crippen LogP contribution < -0.4 is 4.74 Å². The van der Waals surface area contributed by atoms with Gasteiger partial charge in [-0.05, 0) is 24.3 Å². The topological polar surface area (TPSA) is 89.4 Å². The maximum absolute atomic E-state index is 12.2. The summed E-state index contributed by atoms with van der Waals surface area (Å²) in [6, 6.07) is 6.38. The summed E-state index contributed by atoms with van der Waals surface area (Å²) in [5.74, 6) is -1.02. The minimum absolute atomic E-state index is 0.00710. The molecule has 0 amide bonds. The highest BCUT2D eigenvalue weighted by molar-refractivity contribution is 6.13. The molecule has 0 radical (unpaired) electrons. The maximum atomic E-state index is 12.2. The lowest BCUT2D eigenvalue weighted by atomic mass is 10.0. The molecule has 0 aliphatic carbocycles. The van der Waals surface area contributed by atoms with E-state index < -0.39 is 11.8 Å². The van der Waals surface area contributed by atoms with Gasteiger partial charge in [-0.15, -0.1) is 0 Å². The van der Waals surface area contributed by atoms with Gasteiger partial charge in [-0.1, -0.05) is 0 Å². The van der Waals surface area contributed by atoms with Crippen molar-refractivity contribution in [1.82, 2.24) is 10.2 Å². The van der Waals surface area contributed by atoms with Crippen molar-refractivity contribution < 1.29 is 19.4 Å². The second-order valence-corrected chi connectivity index (χ2v) is 3.68. The van der Waals surface area contributed by atoms with Crippen LogP contribution in [-0.4, -0.2) is 34.2 Å². The predicted octanol–water partition coefficient (Wildman–Crippen LogP) is 1.41. The monoisotopic (exact) mass is 258 g/mol. The second-order valence-electron chi connectivity index (χ2n) is 3.68. The molecular weight excluding hydrogens is 248 g/mol. The Morgan fingerprint density at radius 1 is 1.05 bits per heavy atom. The van der Waals surface area contributed by atoms with E-state index in [2.05, 4.69) is 10.2 Å². The molecule has 1 heterocycles. The van der Waals surface area contributed by atoms with Crippen LogP contribution in [0.3, 0.4) is 0 Å². The van der Waals surface area contributed by atoms with Crippen LogP contribution in [0, 0.1) is 0 Å². The van der Waals surface area contributed by atoms with Gasteiger partial charge < -0.3 is 9.84 Å². The third-order valence-corrected chi connectivity index (χ3v) is 2.56. The number of hydrogen-bond acceptors (Lipinski definition) is 5. The Balaban J connectivity index is 2.41. The zero-order valence-corrected chi connectivity index (χ0v) is 10.0. The van der Waals surface area contributed by atoms with Crippen LogP contribution in [0.4, 0.5) is 0 Å². The SMILES string of the molecule is COc1ccc(C(=O)c2cnncc2C(=O)O)cc1. The molecule has 0 aliphatic rings. The van der Waals surface area contributed by atoms with Gasteiger partial charge in [0.25, 0.3) is 0 Å². The van der Waals surface area contributed by atoms with Crippen LogP contribution in [-0.2, 0) is 0 Å². The van der Waals surface area contributed by atoms with E-state index in [4.69, 9.17) is 9.84 Å². The Morgan fingerprint density at radius 3 is 2.16 bits per heavy atom. The number of ketones is 1. The lowest BCUT2D eigenvalue weighted by Gasteiger charge is -2.05. The summed E-state index contributed by atoms with van der Waals surface area (Å²) < 4.78 is 4.99. The van der Waals surface area contributed by atoms with Crippen molar-refractivity contribution in [3.05, 3.63) is 53.3 Å². The van der Waals surface area contributed by atoms with Crippen molar-refractivity contribution in [3.8, 4) is 5.75 Å². The number of carbonyl (C=O) groups is 2. The number of benzene rings is 1. The smallest absolute Gasteiger partial charge is 0.338 e. The fourth-order valence-electron chi connectivity index (χ4n) is 1.57. The number of aromatic nitrogens is 2. The first-order valence-corrected chi connectivity index (χ1v) is 5.36. The first-order chi connectivity index (χ1) is 9.13. The summed E-state index contributed by atoms with van der Waals surface area (Å²) in [7, 11) is 1.52. The molecule has 0 bridgehead atoms. The molecule has 0 atom stereocenters. The van der Waals surface area contributed by atoms with E-state index in [1.54, 1.807) is 24.3 Å². The molecule has 0 saturated heterocycles. The van der Waals surface area contributed by atoms with Gasteiger partial charge in [-0.25, -0.2) is 4.79 Å². The second kappa shape index (κ2) is 5.26. The highest BCUT2D eigenvalue weighted by Gasteiger charge is 2.18. The van der Waals surface area contributed by atoms with Gasteiger partial charge >= 0.3 is 5.97 Å². The van der Waals surface area contributed by atoms with Crippen molar-refractivity contribution in [2.45, 2.75) is 0 Å². The summed E-state index contributed by atoms with van der Waals surface area (Å²) in [6.07, 6.45) is 2.20. The Hall–Kier alpha value is -2.76. The van der Waals surface area contributed by atoms with Gasteiger partial charge in [0, 0.05) is 5.56 Å². The molecule has 19 heavy (non-hydrogen) atoms. The summed E-state index contributed by atoms with van der Waals surface area (Å²) in [5.41, 5.74) is 0.194. The predicted molar refractivity (Wildman–Crippen MR) is 65.4 cm³/mol. The molecule has 0 fully saturated rings. The third-order valence-electron chi connectivity index (χ3n) is 2.56. The first-order valence-electron chi connectivity index (χ1n) is 5.36. The first kappa shape index (κ1) is 12.7. The molecule has 1 aromatic carbocycles. The van der Waals surface area contributed by atoms with E-state index in [-0.39, 0.29) is 11.1 Å². The number of carboxylic acid groups (broad SMARTS) is 1. The average Bonchev–Trinajstić information content (AvgIpc) is 2.46. The summed E-state index contributed by atoms with van der Waals surface area (Å²) in [5, 5.41) is 16.0. The highest BCUT2D eigenvalue weighted by Crippen LogP contribution is 2.16.